The molecule has 2 heterocycles. The van der Waals surface area contributed by atoms with Gasteiger partial charge in [-0.2, -0.15) is 0 Å². The molecule has 2 bridgehead atoms. The lowest BCUT2D eigenvalue weighted by molar-refractivity contribution is 0.0992. The highest BCUT2D eigenvalue weighted by Gasteiger charge is 2.41. The Bertz CT molecular complexity index is 709. The van der Waals surface area contributed by atoms with Crippen LogP contribution in [0.15, 0.2) is 34.2 Å². The van der Waals surface area contributed by atoms with E-state index in [0.29, 0.717) is 24.8 Å². The minimum absolute atomic E-state index is 0. The number of guanidine groups is 1. The normalized spacial score (nSPS) is 25.5. The third-order valence-corrected chi connectivity index (χ3v) is 5.54. The van der Waals surface area contributed by atoms with E-state index in [1.165, 1.54) is 18.6 Å². The number of ether oxygens (including phenoxy) is 1. The van der Waals surface area contributed by atoms with E-state index in [1.807, 2.05) is 0 Å². The lowest BCUT2D eigenvalue weighted by Gasteiger charge is -2.22. The van der Waals surface area contributed by atoms with Crippen LogP contribution in [0.25, 0.3) is 0 Å². The van der Waals surface area contributed by atoms with Gasteiger partial charge < -0.3 is 15.4 Å². The van der Waals surface area contributed by atoms with E-state index < -0.39 is 10.0 Å². The number of sulfonamides is 1. The molecule has 4 N–H and O–H groups in total. The van der Waals surface area contributed by atoms with Gasteiger partial charge in [-0.05, 0) is 43.4 Å². The molecular formula is C16H25IN4O3S. The molecule has 0 radical (unpaired) electrons. The molecule has 3 unspecified atom stereocenters. The number of nitrogens with one attached hydrogen (secondary N) is 2. The summed E-state index contributed by atoms with van der Waals surface area (Å²) in [6.07, 6.45) is 4.81. The number of benzene rings is 1. The molecule has 1 aromatic rings. The van der Waals surface area contributed by atoms with Crippen molar-refractivity contribution >= 4 is 40.0 Å². The molecule has 25 heavy (non-hydrogen) atoms. The van der Waals surface area contributed by atoms with Gasteiger partial charge in [0.25, 0.3) is 0 Å². The van der Waals surface area contributed by atoms with Crippen LogP contribution in [0.4, 0.5) is 0 Å². The van der Waals surface area contributed by atoms with Gasteiger partial charge in [0, 0.05) is 13.6 Å². The number of aliphatic imine (C=N–C) groups is 1. The van der Waals surface area contributed by atoms with Crippen molar-refractivity contribution in [1.29, 1.82) is 0 Å². The summed E-state index contributed by atoms with van der Waals surface area (Å²) < 4.78 is 28.3. The van der Waals surface area contributed by atoms with Gasteiger partial charge >= 0.3 is 0 Å². The summed E-state index contributed by atoms with van der Waals surface area (Å²) in [7, 11) is -1.88. The first-order valence-electron chi connectivity index (χ1n) is 8.20. The fourth-order valence-electron chi connectivity index (χ4n) is 3.33. The molecule has 9 heteroatoms. The Morgan fingerprint density at radius 3 is 2.56 bits per heavy atom. The van der Waals surface area contributed by atoms with Gasteiger partial charge in [-0.25, -0.2) is 13.6 Å². The van der Waals surface area contributed by atoms with Crippen molar-refractivity contribution in [2.45, 2.75) is 48.8 Å². The monoisotopic (exact) mass is 480 g/mol. The van der Waals surface area contributed by atoms with Crippen LogP contribution in [0, 0.1) is 0 Å². The lowest BCUT2D eigenvalue weighted by atomic mass is 9.96. The smallest absolute Gasteiger partial charge is 0.238 e. The largest absolute Gasteiger partial charge is 0.373 e. The quantitative estimate of drug-likeness (QED) is 0.331. The topological polar surface area (TPSA) is 106 Å². The Labute approximate surface area is 165 Å². The molecule has 3 rings (SSSR count). The number of rotatable bonds is 5. The number of nitrogens with zero attached hydrogens (tertiary/aromatic N) is 1. The van der Waals surface area contributed by atoms with E-state index in [9.17, 15) is 8.42 Å². The van der Waals surface area contributed by atoms with Crippen LogP contribution in [0.1, 0.15) is 24.8 Å². The first-order chi connectivity index (χ1) is 11.5. The molecule has 1 aromatic carbocycles. The Morgan fingerprint density at radius 2 is 2.04 bits per heavy atom. The van der Waals surface area contributed by atoms with E-state index in [2.05, 4.69) is 15.6 Å². The molecule has 0 spiro atoms. The molecule has 2 aliphatic heterocycles. The van der Waals surface area contributed by atoms with Crippen LogP contribution in [0.2, 0.25) is 0 Å². The Morgan fingerprint density at radius 1 is 1.32 bits per heavy atom. The summed E-state index contributed by atoms with van der Waals surface area (Å²) >= 11 is 0. The SMILES string of the molecule is CN=C(NCCc1ccc(S(N)(=O)=O)cc1)NC1CC2CCC1O2.I. The summed E-state index contributed by atoms with van der Waals surface area (Å²) in [4.78, 5) is 4.39. The highest BCUT2D eigenvalue weighted by atomic mass is 127. The van der Waals surface area contributed by atoms with Gasteiger partial charge in [0.15, 0.2) is 5.96 Å². The van der Waals surface area contributed by atoms with E-state index in [1.54, 1.807) is 19.2 Å². The summed E-state index contributed by atoms with van der Waals surface area (Å²) in [5.74, 6) is 0.775. The van der Waals surface area contributed by atoms with Gasteiger partial charge in [0.2, 0.25) is 10.0 Å². The molecular weight excluding hydrogens is 455 g/mol. The second-order valence-electron chi connectivity index (χ2n) is 6.30. The van der Waals surface area contributed by atoms with Gasteiger partial charge in [-0.15, -0.1) is 24.0 Å². The van der Waals surface area contributed by atoms with Crippen LogP contribution >= 0.6 is 24.0 Å². The van der Waals surface area contributed by atoms with Gasteiger partial charge in [-0.3, -0.25) is 4.99 Å². The van der Waals surface area contributed by atoms with Crippen LogP contribution in [0.3, 0.4) is 0 Å². The number of hydrogen-bond acceptors (Lipinski definition) is 4. The third-order valence-electron chi connectivity index (χ3n) is 4.61. The summed E-state index contributed by atoms with van der Waals surface area (Å²) in [6, 6.07) is 6.96. The highest BCUT2D eigenvalue weighted by Crippen LogP contribution is 2.34. The zero-order valence-corrected chi connectivity index (χ0v) is 17.3. The van der Waals surface area contributed by atoms with Crippen LogP contribution in [-0.4, -0.2) is 46.2 Å². The molecule has 140 valence electrons. The molecule has 2 saturated heterocycles. The minimum Gasteiger partial charge on any atom is -0.373 e. The molecule has 0 saturated carbocycles. The molecule has 2 fully saturated rings. The maximum atomic E-state index is 11.2. The fraction of sp³-hybridized carbons (Fsp3) is 0.562. The Balaban J connectivity index is 0.00000225. The second-order valence-corrected chi connectivity index (χ2v) is 7.86. The van der Waals surface area contributed by atoms with Gasteiger partial charge in [0.05, 0.1) is 23.1 Å². The standard InChI is InChI=1S/C16H24N4O3S.HI/c1-18-16(20-14-10-12-4-7-15(14)23-12)19-9-8-11-2-5-13(6-3-11)24(17,21)22;/h2-3,5-6,12,14-15H,4,7-10H2,1H3,(H2,17,21,22)(H2,18,19,20);1H. The van der Waals surface area contributed by atoms with Crippen molar-refractivity contribution in [3.63, 3.8) is 0 Å². The Kier molecular flexibility index (Phi) is 7.06. The number of hydrogen-bond donors (Lipinski definition) is 3. The Hall–Kier alpha value is -0.910. The molecule has 0 aliphatic carbocycles. The molecule has 0 aromatic heterocycles. The van der Waals surface area contributed by atoms with Crippen molar-refractivity contribution in [2.24, 2.45) is 10.1 Å². The summed E-state index contributed by atoms with van der Waals surface area (Å²) in [5.41, 5.74) is 1.04. The predicted octanol–water partition coefficient (Wildman–Crippen LogP) is 0.979. The maximum Gasteiger partial charge on any atom is 0.238 e. The van der Waals surface area contributed by atoms with Crippen LogP contribution in [-0.2, 0) is 21.2 Å². The zero-order chi connectivity index (χ0) is 17.2. The maximum absolute atomic E-state index is 11.2. The van der Waals surface area contributed by atoms with Crippen molar-refractivity contribution in [1.82, 2.24) is 10.6 Å². The van der Waals surface area contributed by atoms with Crippen molar-refractivity contribution < 1.29 is 13.2 Å². The van der Waals surface area contributed by atoms with E-state index in [0.717, 1.165) is 30.8 Å². The van der Waals surface area contributed by atoms with Crippen LogP contribution < -0.4 is 15.8 Å². The van der Waals surface area contributed by atoms with Crippen LogP contribution in [0.5, 0.6) is 0 Å². The van der Waals surface area contributed by atoms with Crippen molar-refractivity contribution in [3.05, 3.63) is 29.8 Å². The fourth-order valence-corrected chi connectivity index (χ4v) is 3.85. The lowest BCUT2D eigenvalue weighted by Crippen LogP contribution is -2.47. The average molecular weight is 480 g/mol. The van der Waals surface area contributed by atoms with E-state index in [-0.39, 0.29) is 28.9 Å². The number of primary sulfonamides is 1. The van der Waals surface area contributed by atoms with E-state index in [4.69, 9.17) is 9.88 Å². The molecule has 0 amide bonds. The first kappa shape index (κ1) is 20.4. The predicted molar refractivity (Wildman–Crippen MR) is 108 cm³/mol. The molecule has 7 nitrogen and oxygen atoms in total. The van der Waals surface area contributed by atoms with Gasteiger partial charge in [0.1, 0.15) is 0 Å². The average Bonchev–Trinajstić information content (AvgIpc) is 3.16. The molecule has 2 aliphatic rings. The number of nitrogens with two attached hydrogens (primary N) is 1. The second kappa shape index (κ2) is 8.65. The van der Waals surface area contributed by atoms with Gasteiger partial charge in [-0.1, -0.05) is 12.1 Å². The zero-order valence-electron chi connectivity index (χ0n) is 14.1. The van der Waals surface area contributed by atoms with E-state index >= 15 is 0 Å². The summed E-state index contributed by atoms with van der Waals surface area (Å²) in [6.45, 7) is 0.704. The molecule has 3 atom stereocenters. The highest BCUT2D eigenvalue weighted by molar-refractivity contribution is 14.0. The number of fused-ring (bicyclic) bond motifs is 2. The first-order valence-corrected chi connectivity index (χ1v) is 9.75. The van der Waals surface area contributed by atoms with Crippen molar-refractivity contribution in [2.75, 3.05) is 13.6 Å². The number of halogens is 1. The summed E-state index contributed by atoms with van der Waals surface area (Å²) in [5, 5.41) is 11.8. The minimum atomic E-state index is -3.63. The third kappa shape index (κ3) is 5.28. The van der Waals surface area contributed by atoms with Crippen molar-refractivity contribution in [3.8, 4) is 0 Å².